The van der Waals surface area contributed by atoms with Crippen molar-refractivity contribution in [1.29, 1.82) is 0 Å². The highest BCUT2D eigenvalue weighted by molar-refractivity contribution is 8.23. The number of aryl methyl sites for hydroxylation is 2. The Labute approximate surface area is 226 Å². The van der Waals surface area contributed by atoms with Gasteiger partial charge in [0.1, 0.15) is 11.6 Å². The standard InChI is InChI=1S/C29H36F2S4/c30-26-20-22(12-14-24(26)28-32-16-8-17-33-28)10-6-4-2-1-3-5-7-11-23-13-15-25(27(31)21-23)29-34-18-9-19-35-29/h12-15,20-21H,1-11,16-19H2/q+2. The van der Waals surface area contributed by atoms with Gasteiger partial charge in [-0.1, -0.05) is 67.8 Å². The minimum Gasteiger partial charge on any atom is -0.206 e. The average molecular weight is 551 g/mol. The molecule has 2 aliphatic rings. The number of benzene rings is 2. The summed E-state index contributed by atoms with van der Waals surface area (Å²) in [5.74, 6) is 4.31. The van der Waals surface area contributed by atoms with Crippen LogP contribution in [0.4, 0.5) is 8.78 Å². The summed E-state index contributed by atoms with van der Waals surface area (Å²) < 4.78 is 31.4. The molecule has 0 amide bonds. The Hall–Kier alpha value is -0.820. The van der Waals surface area contributed by atoms with Crippen molar-refractivity contribution >= 4 is 54.6 Å². The second-order valence-electron chi connectivity index (χ2n) is 9.28. The van der Waals surface area contributed by atoms with Crippen molar-refractivity contribution in [2.75, 3.05) is 23.0 Å². The first kappa shape index (κ1) is 27.2. The molecule has 0 N–H and O–H groups in total. The molecular formula is C29H36F2S4+2. The fourth-order valence-corrected chi connectivity index (χ4v) is 9.69. The van der Waals surface area contributed by atoms with Gasteiger partial charge in [-0.2, -0.15) is 0 Å². The van der Waals surface area contributed by atoms with Gasteiger partial charge in [-0.05, 0) is 61.1 Å². The van der Waals surface area contributed by atoms with Gasteiger partial charge in [0.2, 0.25) is 0 Å². The summed E-state index contributed by atoms with van der Waals surface area (Å²) >= 11 is 7.18. The summed E-state index contributed by atoms with van der Waals surface area (Å²) in [4.78, 5) is 0. The van der Waals surface area contributed by atoms with Gasteiger partial charge >= 0.3 is 0 Å². The van der Waals surface area contributed by atoms with Crippen LogP contribution in [0.15, 0.2) is 36.4 Å². The molecule has 0 spiro atoms. The van der Waals surface area contributed by atoms with E-state index < -0.39 is 0 Å². The smallest absolute Gasteiger partial charge is 0.206 e. The Balaban J connectivity index is 1.07. The molecule has 2 aromatic carbocycles. The monoisotopic (exact) mass is 550 g/mol. The van der Waals surface area contributed by atoms with E-state index in [2.05, 4.69) is 12.1 Å². The van der Waals surface area contributed by atoms with Crippen molar-refractivity contribution in [2.45, 2.75) is 70.6 Å². The molecule has 0 saturated heterocycles. The lowest BCUT2D eigenvalue weighted by molar-refractivity contribution is 0.576. The summed E-state index contributed by atoms with van der Waals surface area (Å²) in [5.41, 5.74) is 3.83. The first-order valence-corrected chi connectivity index (χ1v) is 17.0. The van der Waals surface area contributed by atoms with E-state index in [4.69, 9.17) is 0 Å². The highest BCUT2D eigenvalue weighted by Crippen LogP contribution is 2.23. The van der Waals surface area contributed by atoms with Gasteiger partial charge in [-0.15, -0.1) is 0 Å². The van der Waals surface area contributed by atoms with E-state index in [1.165, 1.54) is 44.9 Å². The van der Waals surface area contributed by atoms with E-state index in [0.717, 1.165) is 79.3 Å². The fourth-order valence-electron chi connectivity index (χ4n) is 4.47. The Morgan fingerprint density at radius 2 is 1.03 bits per heavy atom. The average Bonchev–Trinajstić information content (AvgIpc) is 2.89. The van der Waals surface area contributed by atoms with Crippen LogP contribution in [0.3, 0.4) is 0 Å². The van der Waals surface area contributed by atoms with E-state index in [1.54, 1.807) is 58.4 Å². The van der Waals surface area contributed by atoms with Gasteiger partial charge in [0.15, 0.2) is 34.2 Å². The summed E-state index contributed by atoms with van der Waals surface area (Å²) in [5, 5.41) is 0. The first-order valence-electron chi connectivity index (χ1n) is 13.0. The van der Waals surface area contributed by atoms with Crippen molar-refractivity contribution in [3.63, 3.8) is 0 Å². The van der Waals surface area contributed by atoms with Crippen molar-refractivity contribution < 1.29 is 8.78 Å². The Kier molecular flexibility index (Phi) is 11.5. The van der Waals surface area contributed by atoms with E-state index in [-0.39, 0.29) is 11.6 Å². The zero-order valence-electron chi connectivity index (χ0n) is 20.5. The lowest BCUT2D eigenvalue weighted by Crippen LogP contribution is -2.09. The third kappa shape index (κ3) is 8.62. The van der Waals surface area contributed by atoms with Crippen LogP contribution in [-0.4, -0.2) is 31.4 Å². The Morgan fingerprint density at radius 3 is 1.40 bits per heavy atom. The summed E-state index contributed by atoms with van der Waals surface area (Å²) in [6.45, 7) is 0. The number of rotatable bonds is 12. The molecule has 0 bridgehead atoms. The predicted molar refractivity (Wildman–Crippen MR) is 159 cm³/mol. The van der Waals surface area contributed by atoms with Crippen molar-refractivity contribution in [2.24, 2.45) is 0 Å². The number of halogens is 2. The van der Waals surface area contributed by atoms with Crippen LogP contribution in [0.2, 0.25) is 0 Å². The van der Waals surface area contributed by atoms with Gasteiger partial charge in [0.05, 0.1) is 11.1 Å². The predicted octanol–water partition coefficient (Wildman–Crippen LogP) is 7.88. The number of hydrogen-bond acceptors (Lipinski definition) is 2. The molecule has 0 nitrogen and oxygen atoms in total. The van der Waals surface area contributed by atoms with E-state index in [0.29, 0.717) is 0 Å². The second-order valence-corrected chi connectivity index (χ2v) is 14.2. The zero-order chi connectivity index (χ0) is 24.3. The fraction of sp³-hybridized carbons (Fsp3) is 0.517. The Bertz CT molecular complexity index is 950. The molecule has 2 aromatic rings. The summed E-state index contributed by atoms with van der Waals surface area (Å²) in [7, 11) is 0. The molecule has 0 aromatic heterocycles. The third-order valence-electron chi connectivity index (χ3n) is 6.45. The molecule has 0 fully saturated rings. The minimum atomic E-state index is -0.0561. The second kappa shape index (κ2) is 14.8. The lowest BCUT2D eigenvalue weighted by Gasteiger charge is -2.07. The van der Waals surface area contributed by atoms with Gasteiger partial charge in [0.25, 0.3) is 8.39 Å². The molecule has 2 aliphatic heterocycles. The first-order chi connectivity index (χ1) is 17.2. The van der Waals surface area contributed by atoms with Crippen LogP contribution in [0.25, 0.3) is 0 Å². The van der Waals surface area contributed by atoms with Crippen LogP contribution in [-0.2, 0) is 35.5 Å². The van der Waals surface area contributed by atoms with E-state index >= 15 is 0 Å². The van der Waals surface area contributed by atoms with E-state index in [1.807, 2.05) is 12.1 Å². The normalized spacial score (nSPS) is 16.2. The quantitative estimate of drug-likeness (QED) is 0.150. The van der Waals surface area contributed by atoms with Gasteiger partial charge < -0.3 is 0 Å². The minimum absolute atomic E-state index is 0.0561. The van der Waals surface area contributed by atoms with Crippen LogP contribution in [0.1, 0.15) is 80.0 Å². The van der Waals surface area contributed by atoms with Gasteiger partial charge in [-0.25, -0.2) is 8.78 Å². The maximum absolute atomic E-state index is 14.6. The maximum atomic E-state index is 14.6. The van der Waals surface area contributed by atoms with Crippen LogP contribution in [0, 0.1) is 11.6 Å². The molecule has 0 atom stereocenters. The molecule has 0 aliphatic carbocycles. The zero-order valence-corrected chi connectivity index (χ0v) is 23.7. The molecule has 0 radical (unpaired) electrons. The molecule has 2 heterocycles. The van der Waals surface area contributed by atoms with Crippen LogP contribution in [0.5, 0.6) is 0 Å². The lowest BCUT2D eigenvalue weighted by atomic mass is 10.0. The highest BCUT2D eigenvalue weighted by Gasteiger charge is 2.23. The highest BCUT2D eigenvalue weighted by atomic mass is 32.2. The molecular weight excluding hydrogens is 515 g/mol. The SMILES string of the molecule is Fc1cc(CCCCCCCCCc2ccc(C3=[S+]CCCS3)c(F)c2)ccc1C1=[S+]CCCS1. The topological polar surface area (TPSA) is 0 Å². The molecule has 188 valence electrons. The van der Waals surface area contributed by atoms with Crippen LogP contribution >= 0.6 is 23.5 Å². The van der Waals surface area contributed by atoms with Crippen LogP contribution < -0.4 is 0 Å². The number of thioether (sulfide) groups is 2. The largest absolute Gasteiger partial charge is 0.267 e. The number of unbranched alkanes of at least 4 members (excludes halogenated alkanes) is 6. The molecule has 35 heavy (non-hydrogen) atoms. The third-order valence-corrected chi connectivity index (χ3v) is 11.8. The molecule has 0 saturated carbocycles. The van der Waals surface area contributed by atoms with Gasteiger partial charge in [0, 0.05) is 24.3 Å². The van der Waals surface area contributed by atoms with Crippen molar-refractivity contribution in [3.05, 3.63) is 70.3 Å². The number of hydrogen-bond donors (Lipinski definition) is 0. The summed E-state index contributed by atoms with van der Waals surface area (Å²) in [6, 6.07) is 11.7. The van der Waals surface area contributed by atoms with E-state index in [9.17, 15) is 8.78 Å². The molecule has 4 rings (SSSR count). The maximum Gasteiger partial charge on any atom is 0.267 e. The Morgan fingerprint density at radius 1 is 0.600 bits per heavy atom. The molecule has 6 heteroatoms. The summed E-state index contributed by atoms with van der Waals surface area (Å²) in [6.07, 6.45) is 12.7. The van der Waals surface area contributed by atoms with Crippen molar-refractivity contribution in [1.82, 2.24) is 0 Å². The molecule has 0 unspecified atom stereocenters. The van der Waals surface area contributed by atoms with Gasteiger partial charge in [-0.3, -0.25) is 0 Å². The van der Waals surface area contributed by atoms with Crippen molar-refractivity contribution in [3.8, 4) is 0 Å².